The van der Waals surface area contributed by atoms with Gasteiger partial charge in [0.2, 0.25) is 0 Å². The standard InChI is InChI=1S/C16H16BrClFN/c1-20-12(9-11-5-2-3-6-14(11)17)10-13-15(18)7-4-8-16(13)19/h2-8,12,20H,9-10H2,1H3. The van der Waals surface area contributed by atoms with Gasteiger partial charge in [0.15, 0.2) is 0 Å². The molecule has 0 amide bonds. The van der Waals surface area contributed by atoms with E-state index in [1.165, 1.54) is 11.6 Å². The molecule has 0 heterocycles. The normalized spacial score (nSPS) is 12.4. The van der Waals surface area contributed by atoms with Crippen molar-refractivity contribution in [1.29, 1.82) is 0 Å². The summed E-state index contributed by atoms with van der Waals surface area (Å²) in [5.41, 5.74) is 1.76. The summed E-state index contributed by atoms with van der Waals surface area (Å²) in [5, 5.41) is 3.72. The minimum Gasteiger partial charge on any atom is -0.316 e. The number of halogens is 3. The Morgan fingerprint density at radius 3 is 2.55 bits per heavy atom. The van der Waals surface area contributed by atoms with E-state index in [4.69, 9.17) is 11.6 Å². The zero-order valence-corrected chi connectivity index (χ0v) is 13.5. The van der Waals surface area contributed by atoms with Crippen molar-refractivity contribution >= 4 is 27.5 Å². The first-order valence-corrected chi connectivity index (χ1v) is 7.62. The predicted molar refractivity (Wildman–Crippen MR) is 85.8 cm³/mol. The summed E-state index contributed by atoms with van der Waals surface area (Å²) < 4.78 is 14.9. The summed E-state index contributed by atoms with van der Waals surface area (Å²) in [4.78, 5) is 0. The van der Waals surface area contributed by atoms with Gasteiger partial charge >= 0.3 is 0 Å². The number of hydrogen-bond acceptors (Lipinski definition) is 1. The van der Waals surface area contributed by atoms with E-state index in [2.05, 4.69) is 27.3 Å². The van der Waals surface area contributed by atoms with Gasteiger partial charge in [-0.2, -0.15) is 0 Å². The maximum Gasteiger partial charge on any atom is 0.127 e. The zero-order chi connectivity index (χ0) is 14.5. The van der Waals surface area contributed by atoms with E-state index in [0.29, 0.717) is 17.0 Å². The average Bonchev–Trinajstić information content (AvgIpc) is 2.44. The van der Waals surface area contributed by atoms with Crippen LogP contribution in [0.3, 0.4) is 0 Å². The molecule has 1 atom stereocenters. The highest BCUT2D eigenvalue weighted by atomic mass is 79.9. The molecule has 1 N–H and O–H groups in total. The van der Waals surface area contributed by atoms with Crippen molar-refractivity contribution in [2.45, 2.75) is 18.9 Å². The lowest BCUT2D eigenvalue weighted by molar-refractivity contribution is 0.532. The maximum atomic E-state index is 13.8. The Labute approximate surface area is 132 Å². The molecule has 106 valence electrons. The van der Waals surface area contributed by atoms with Gasteiger partial charge in [0.25, 0.3) is 0 Å². The van der Waals surface area contributed by atoms with Gasteiger partial charge in [-0.15, -0.1) is 0 Å². The molecule has 0 saturated heterocycles. The molecule has 0 bridgehead atoms. The van der Waals surface area contributed by atoms with Crippen LogP contribution in [0.5, 0.6) is 0 Å². The third-order valence-corrected chi connectivity index (χ3v) is 4.47. The SMILES string of the molecule is CNC(Cc1ccccc1Br)Cc1c(F)cccc1Cl. The van der Waals surface area contributed by atoms with E-state index in [0.717, 1.165) is 10.9 Å². The highest BCUT2D eigenvalue weighted by Gasteiger charge is 2.15. The summed E-state index contributed by atoms with van der Waals surface area (Å²) in [6.07, 6.45) is 1.37. The van der Waals surface area contributed by atoms with Gasteiger partial charge in [0.1, 0.15) is 5.82 Å². The molecule has 2 aromatic carbocycles. The molecule has 4 heteroatoms. The number of nitrogens with one attached hydrogen (secondary N) is 1. The first-order valence-electron chi connectivity index (χ1n) is 6.45. The number of rotatable bonds is 5. The van der Waals surface area contributed by atoms with E-state index in [-0.39, 0.29) is 11.9 Å². The van der Waals surface area contributed by atoms with Crippen molar-refractivity contribution < 1.29 is 4.39 Å². The highest BCUT2D eigenvalue weighted by Crippen LogP contribution is 2.23. The second-order valence-electron chi connectivity index (χ2n) is 4.69. The van der Waals surface area contributed by atoms with Crippen molar-refractivity contribution in [3.05, 3.63) is 68.9 Å². The molecule has 0 aliphatic heterocycles. The highest BCUT2D eigenvalue weighted by molar-refractivity contribution is 9.10. The van der Waals surface area contributed by atoms with Crippen LogP contribution in [0.15, 0.2) is 46.9 Å². The van der Waals surface area contributed by atoms with Gasteiger partial charge in [-0.05, 0) is 43.7 Å². The van der Waals surface area contributed by atoms with Crippen LogP contribution in [0, 0.1) is 5.82 Å². The molecule has 1 nitrogen and oxygen atoms in total. The van der Waals surface area contributed by atoms with Crippen molar-refractivity contribution in [2.75, 3.05) is 7.05 Å². The van der Waals surface area contributed by atoms with Gasteiger partial charge in [-0.25, -0.2) is 4.39 Å². The fraction of sp³-hybridized carbons (Fsp3) is 0.250. The van der Waals surface area contributed by atoms with E-state index < -0.39 is 0 Å². The topological polar surface area (TPSA) is 12.0 Å². The van der Waals surface area contributed by atoms with Crippen LogP contribution in [0.1, 0.15) is 11.1 Å². The van der Waals surface area contributed by atoms with Gasteiger partial charge in [0.05, 0.1) is 0 Å². The lowest BCUT2D eigenvalue weighted by atomic mass is 9.99. The Morgan fingerprint density at radius 2 is 1.90 bits per heavy atom. The first-order chi connectivity index (χ1) is 9.61. The average molecular weight is 357 g/mol. The molecular formula is C16H16BrClFN. The molecule has 0 aliphatic carbocycles. The molecule has 2 rings (SSSR count). The predicted octanol–water partition coefficient (Wildman–Crippen LogP) is 4.61. The molecule has 20 heavy (non-hydrogen) atoms. The van der Waals surface area contributed by atoms with Crippen LogP contribution in [-0.2, 0) is 12.8 Å². The van der Waals surface area contributed by atoms with Crippen LogP contribution in [0.4, 0.5) is 4.39 Å². The van der Waals surface area contributed by atoms with Crippen molar-refractivity contribution in [3.63, 3.8) is 0 Å². The summed E-state index contributed by atoms with van der Waals surface area (Å²) in [7, 11) is 1.89. The van der Waals surface area contributed by atoms with Crippen LogP contribution in [0.2, 0.25) is 5.02 Å². The molecule has 0 aliphatic rings. The summed E-state index contributed by atoms with van der Waals surface area (Å²) in [5.74, 6) is -0.245. The molecule has 2 aromatic rings. The third-order valence-electron chi connectivity index (χ3n) is 3.34. The smallest absolute Gasteiger partial charge is 0.127 e. The second-order valence-corrected chi connectivity index (χ2v) is 5.95. The molecule has 1 unspecified atom stereocenters. The lowest BCUT2D eigenvalue weighted by Crippen LogP contribution is -2.30. The third kappa shape index (κ3) is 3.81. The molecule has 0 fully saturated rings. The van der Waals surface area contributed by atoms with Crippen LogP contribution in [-0.4, -0.2) is 13.1 Å². The van der Waals surface area contributed by atoms with Gasteiger partial charge in [0, 0.05) is 21.1 Å². The Kier molecular flexibility index (Phi) is 5.58. The van der Waals surface area contributed by atoms with Crippen molar-refractivity contribution in [1.82, 2.24) is 5.32 Å². The Morgan fingerprint density at radius 1 is 1.15 bits per heavy atom. The minimum absolute atomic E-state index is 0.128. The fourth-order valence-electron chi connectivity index (χ4n) is 2.18. The van der Waals surface area contributed by atoms with E-state index in [1.54, 1.807) is 12.1 Å². The van der Waals surface area contributed by atoms with Crippen molar-refractivity contribution in [3.8, 4) is 0 Å². The zero-order valence-electron chi connectivity index (χ0n) is 11.2. The van der Waals surface area contributed by atoms with Gasteiger partial charge in [-0.3, -0.25) is 0 Å². The molecule has 0 saturated carbocycles. The summed E-state index contributed by atoms with van der Waals surface area (Å²) in [6.45, 7) is 0. The quantitative estimate of drug-likeness (QED) is 0.824. The minimum atomic E-state index is -0.245. The fourth-order valence-corrected chi connectivity index (χ4v) is 2.87. The van der Waals surface area contributed by atoms with Crippen molar-refractivity contribution in [2.24, 2.45) is 0 Å². The maximum absolute atomic E-state index is 13.8. The monoisotopic (exact) mass is 355 g/mol. The van der Waals surface area contributed by atoms with E-state index in [1.807, 2.05) is 25.2 Å². The number of hydrogen-bond donors (Lipinski definition) is 1. The van der Waals surface area contributed by atoms with Gasteiger partial charge < -0.3 is 5.32 Å². The lowest BCUT2D eigenvalue weighted by Gasteiger charge is -2.18. The summed E-state index contributed by atoms with van der Waals surface area (Å²) >= 11 is 9.63. The molecular weight excluding hydrogens is 341 g/mol. The number of benzene rings is 2. The molecule has 0 aromatic heterocycles. The Hall–Kier alpha value is -0.900. The van der Waals surface area contributed by atoms with Crippen LogP contribution >= 0.6 is 27.5 Å². The Bertz CT molecular complexity index is 568. The summed E-state index contributed by atoms with van der Waals surface area (Å²) in [6, 6.07) is 13.0. The second kappa shape index (κ2) is 7.21. The van der Waals surface area contributed by atoms with Crippen LogP contribution in [0.25, 0.3) is 0 Å². The molecule has 0 spiro atoms. The van der Waals surface area contributed by atoms with E-state index >= 15 is 0 Å². The number of likely N-dealkylation sites (N-methyl/N-ethyl adjacent to an activating group) is 1. The van der Waals surface area contributed by atoms with Crippen LogP contribution < -0.4 is 5.32 Å². The van der Waals surface area contributed by atoms with Gasteiger partial charge in [-0.1, -0.05) is 51.8 Å². The Balaban J connectivity index is 2.16. The molecule has 0 radical (unpaired) electrons. The first kappa shape index (κ1) is 15.5. The van der Waals surface area contributed by atoms with E-state index in [9.17, 15) is 4.39 Å². The largest absolute Gasteiger partial charge is 0.316 e.